The summed E-state index contributed by atoms with van der Waals surface area (Å²) >= 11 is 0. The van der Waals surface area contributed by atoms with Crippen LogP contribution in [0.15, 0.2) is 42.7 Å². The fourth-order valence-electron chi connectivity index (χ4n) is 3.80. The van der Waals surface area contributed by atoms with Crippen LogP contribution in [0.1, 0.15) is 25.0 Å². The molecule has 4 aromatic rings. The van der Waals surface area contributed by atoms with Crippen LogP contribution in [-0.4, -0.2) is 42.8 Å². The zero-order chi connectivity index (χ0) is 21.6. The highest BCUT2D eigenvalue weighted by molar-refractivity contribution is 5.86. The average Bonchev–Trinajstić information content (AvgIpc) is 3.27. The molecule has 0 saturated carbocycles. The number of pyridine rings is 1. The first kappa shape index (κ1) is 19.3. The van der Waals surface area contributed by atoms with Crippen LogP contribution in [0.5, 0.6) is 11.8 Å². The lowest BCUT2D eigenvalue weighted by molar-refractivity contribution is 0.268. The number of phenols is 1. The molecule has 8 heteroatoms. The summed E-state index contributed by atoms with van der Waals surface area (Å²) in [6.45, 7) is 7.44. The number of rotatable bonds is 5. The third-order valence-corrected chi connectivity index (χ3v) is 5.41. The van der Waals surface area contributed by atoms with Crippen molar-refractivity contribution in [3.63, 3.8) is 0 Å². The Kier molecular flexibility index (Phi) is 4.50. The number of fused-ring (bicyclic) bond motifs is 3. The topological polar surface area (TPSA) is 98.0 Å². The molecule has 0 radical (unpaired) electrons. The summed E-state index contributed by atoms with van der Waals surface area (Å²) in [4.78, 5) is 18.6. The van der Waals surface area contributed by atoms with E-state index in [9.17, 15) is 5.11 Å². The van der Waals surface area contributed by atoms with Crippen LogP contribution in [0, 0.1) is 6.92 Å². The first-order valence-electron chi connectivity index (χ1n) is 10.3. The Morgan fingerprint density at radius 3 is 2.71 bits per heavy atom. The van der Waals surface area contributed by atoms with Crippen molar-refractivity contribution < 1.29 is 9.84 Å². The van der Waals surface area contributed by atoms with Gasteiger partial charge in [0.05, 0.1) is 5.54 Å². The Balaban J connectivity index is 1.55. The maximum atomic E-state index is 9.48. The third-order valence-electron chi connectivity index (χ3n) is 5.41. The van der Waals surface area contributed by atoms with E-state index in [2.05, 4.69) is 29.1 Å². The summed E-state index contributed by atoms with van der Waals surface area (Å²) in [5.41, 5.74) is 4.22. The molecule has 1 aromatic carbocycles. The number of benzene rings is 1. The molecule has 4 heterocycles. The molecule has 0 unspecified atom stereocenters. The molecule has 2 N–H and O–H groups in total. The number of nitrogens with one attached hydrogen (secondary N) is 1. The standard InChI is InChI=1S/C23H24N6O2/c1-14-10-16(12-24-11-14)19-27-20(25-9-8-15-4-6-17(30)7-5-15)18-21(28-19)29-22(26-18)31-13-23(29,2)3/h4-7,10-12,30H,8-9,13H2,1-3H3,(H,25,27,28). The van der Waals surface area contributed by atoms with Gasteiger partial charge in [0.2, 0.25) is 0 Å². The van der Waals surface area contributed by atoms with Gasteiger partial charge in [-0.05, 0) is 56.5 Å². The molecule has 0 amide bonds. The molecule has 1 aliphatic rings. The van der Waals surface area contributed by atoms with E-state index in [1.807, 2.05) is 35.9 Å². The van der Waals surface area contributed by atoms with Crippen LogP contribution in [-0.2, 0) is 12.0 Å². The van der Waals surface area contributed by atoms with Gasteiger partial charge in [-0.3, -0.25) is 9.55 Å². The second-order valence-electron chi connectivity index (χ2n) is 8.49. The van der Waals surface area contributed by atoms with Crippen molar-refractivity contribution in [3.8, 4) is 23.1 Å². The predicted octanol–water partition coefficient (Wildman–Crippen LogP) is 3.68. The van der Waals surface area contributed by atoms with Gasteiger partial charge in [0, 0.05) is 24.5 Å². The number of aryl methyl sites for hydroxylation is 1. The summed E-state index contributed by atoms with van der Waals surface area (Å²) < 4.78 is 7.87. The van der Waals surface area contributed by atoms with Crippen molar-refractivity contribution >= 4 is 17.0 Å². The number of nitrogens with zero attached hydrogens (tertiary/aromatic N) is 5. The number of aromatic nitrogens is 5. The molecule has 0 bridgehead atoms. The van der Waals surface area contributed by atoms with Gasteiger partial charge in [-0.2, -0.15) is 4.98 Å². The van der Waals surface area contributed by atoms with Gasteiger partial charge < -0.3 is 15.2 Å². The van der Waals surface area contributed by atoms with Gasteiger partial charge >= 0.3 is 0 Å². The minimum absolute atomic E-state index is 0.246. The molecule has 0 saturated heterocycles. The number of phenolic OH excluding ortho intramolecular Hbond substituents is 1. The quantitative estimate of drug-likeness (QED) is 0.512. The molecule has 1 aliphatic heterocycles. The summed E-state index contributed by atoms with van der Waals surface area (Å²) in [5.74, 6) is 1.53. The van der Waals surface area contributed by atoms with Gasteiger partial charge in [-0.25, -0.2) is 9.97 Å². The van der Waals surface area contributed by atoms with Crippen molar-refractivity contribution in [1.29, 1.82) is 0 Å². The van der Waals surface area contributed by atoms with Gasteiger partial charge in [0.1, 0.15) is 12.4 Å². The molecular weight excluding hydrogens is 392 g/mol. The van der Waals surface area contributed by atoms with Crippen molar-refractivity contribution in [1.82, 2.24) is 24.5 Å². The summed E-state index contributed by atoms with van der Waals surface area (Å²) in [6, 6.07) is 9.81. The number of ether oxygens (including phenoxy) is 1. The smallest absolute Gasteiger partial charge is 0.299 e. The number of imidazole rings is 1. The lowest BCUT2D eigenvalue weighted by atomic mass is 10.1. The molecule has 0 aliphatic carbocycles. The highest BCUT2D eigenvalue weighted by Gasteiger charge is 2.36. The number of hydrogen-bond acceptors (Lipinski definition) is 7. The summed E-state index contributed by atoms with van der Waals surface area (Å²) in [5, 5.41) is 12.9. The summed E-state index contributed by atoms with van der Waals surface area (Å²) in [6.07, 6.45) is 4.37. The van der Waals surface area contributed by atoms with E-state index in [0.717, 1.165) is 28.8 Å². The number of anilines is 1. The minimum atomic E-state index is -0.246. The minimum Gasteiger partial charge on any atom is -0.508 e. The third kappa shape index (κ3) is 3.54. The first-order chi connectivity index (χ1) is 14.9. The molecule has 158 valence electrons. The molecule has 0 atom stereocenters. The Morgan fingerprint density at radius 2 is 1.94 bits per heavy atom. The zero-order valence-corrected chi connectivity index (χ0v) is 17.8. The molecular formula is C23H24N6O2. The molecule has 5 rings (SSSR count). The average molecular weight is 416 g/mol. The van der Waals surface area contributed by atoms with Crippen LogP contribution in [0.25, 0.3) is 22.6 Å². The van der Waals surface area contributed by atoms with E-state index < -0.39 is 0 Å². The van der Waals surface area contributed by atoms with E-state index in [1.54, 1.807) is 18.3 Å². The lowest BCUT2D eigenvalue weighted by Crippen LogP contribution is -2.25. The van der Waals surface area contributed by atoms with Gasteiger partial charge in [-0.1, -0.05) is 12.1 Å². The van der Waals surface area contributed by atoms with Crippen LogP contribution in [0.4, 0.5) is 5.82 Å². The Labute approximate surface area is 180 Å². The van der Waals surface area contributed by atoms with Crippen molar-refractivity contribution in [2.75, 3.05) is 18.5 Å². The highest BCUT2D eigenvalue weighted by Crippen LogP contribution is 2.37. The number of aromatic hydroxyl groups is 1. The molecule has 3 aromatic heterocycles. The monoisotopic (exact) mass is 416 g/mol. The molecule has 0 fully saturated rings. The fourth-order valence-corrected chi connectivity index (χ4v) is 3.80. The molecule has 8 nitrogen and oxygen atoms in total. The van der Waals surface area contributed by atoms with E-state index in [1.165, 1.54) is 0 Å². The lowest BCUT2D eigenvalue weighted by Gasteiger charge is -2.18. The van der Waals surface area contributed by atoms with Crippen molar-refractivity contribution in [2.45, 2.75) is 32.7 Å². The van der Waals surface area contributed by atoms with Crippen molar-refractivity contribution in [2.24, 2.45) is 0 Å². The maximum absolute atomic E-state index is 9.48. The number of hydrogen-bond donors (Lipinski definition) is 2. The van der Waals surface area contributed by atoms with Gasteiger partial charge in [0.15, 0.2) is 22.8 Å². The predicted molar refractivity (Wildman–Crippen MR) is 118 cm³/mol. The van der Waals surface area contributed by atoms with E-state index in [-0.39, 0.29) is 11.3 Å². The normalized spacial score (nSPS) is 14.4. The van der Waals surface area contributed by atoms with E-state index in [0.29, 0.717) is 36.3 Å². The second kappa shape index (κ2) is 7.23. The maximum Gasteiger partial charge on any atom is 0.299 e. The molecule has 0 spiro atoms. The van der Waals surface area contributed by atoms with Crippen molar-refractivity contribution in [3.05, 3.63) is 53.9 Å². The van der Waals surface area contributed by atoms with Gasteiger partial charge in [0.25, 0.3) is 6.01 Å². The Hall–Kier alpha value is -3.68. The largest absolute Gasteiger partial charge is 0.508 e. The first-order valence-corrected chi connectivity index (χ1v) is 10.3. The molecule has 31 heavy (non-hydrogen) atoms. The van der Waals surface area contributed by atoms with Crippen LogP contribution in [0.2, 0.25) is 0 Å². The highest BCUT2D eigenvalue weighted by atomic mass is 16.5. The SMILES string of the molecule is Cc1cncc(-c2nc(NCCc3ccc(O)cc3)c3nc4n(c3n2)C(C)(C)CO4)c1. The Bertz CT molecular complexity index is 1260. The Morgan fingerprint density at radius 1 is 1.13 bits per heavy atom. The van der Waals surface area contributed by atoms with E-state index in [4.69, 9.17) is 14.7 Å². The van der Waals surface area contributed by atoms with Crippen LogP contribution in [0.3, 0.4) is 0 Å². The van der Waals surface area contributed by atoms with E-state index >= 15 is 0 Å². The summed E-state index contributed by atoms with van der Waals surface area (Å²) in [7, 11) is 0. The van der Waals surface area contributed by atoms with Crippen LogP contribution >= 0.6 is 0 Å². The van der Waals surface area contributed by atoms with Crippen LogP contribution < -0.4 is 10.1 Å². The fraction of sp³-hybridized carbons (Fsp3) is 0.304. The zero-order valence-electron chi connectivity index (χ0n) is 17.8. The van der Waals surface area contributed by atoms with Gasteiger partial charge in [-0.15, -0.1) is 0 Å². The second-order valence-corrected chi connectivity index (χ2v) is 8.49.